The number of ketones is 1. The number of carbonyl (C=O) groups is 1. The number of hydrogen-bond acceptors (Lipinski definition) is 3. The molecule has 0 bridgehead atoms. The molecule has 27 heavy (non-hydrogen) atoms. The van der Waals surface area contributed by atoms with Gasteiger partial charge in [-0.15, -0.1) is 0 Å². The Morgan fingerprint density at radius 1 is 1.07 bits per heavy atom. The van der Waals surface area contributed by atoms with E-state index in [9.17, 15) is 4.79 Å². The van der Waals surface area contributed by atoms with Crippen LogP contribution in [0, 0.1) is 40.5 Å². The monoisotopic (exact) mass is 364 g/mol. The summed E-state index contributed by atoms with van der Waals surface area (Å²) < 4.78 is 0. The molecular formula is C24H32N2O. The molecule has 3 heteroatoms. The zero-order chi connectivity index (χ0) is 19.7. The van der Waals surface area contributed by atoms with Crippen LogP contribution in [0.2, 0.25) is 0 Å². The van der Waals surface area contributed by atoms with Crippen LogP contribution in [-0.2, 0) is 0 Å². The fourth-order valence-electron chi connectivity index (χ4n) is 4.12. The van der Waals surface area contributed by atoms with E-state index in [-0.39, 0.29) is 5.78 Å². The molecule has 1 aromatic heterocycles. The van der Waals surface area contributed by atoms with Crippen molar-refractivity contribution >= 4 is 11.5 Å². The molecule has 2 aromatic rings. The van der Waals surface area contributed by atoms with Crippen LogP contribution in [0.3, 0.4) is 0 Å². The summed E-state index contributed by atoms with van der Waals surface area (Å²) in [5, 5.41) is 0. The van der Waals surface area contributed by atoms with Crippen molar-refractivity contribution in [1.82, 2.24) is 4.98 Å². The molecular weight excluding hydrogens is 332 g/mol. The summed E-state index contributed by atoms with van der Waals surface area (Å²) in [7, 11) is 0. The Balaban J connectivity index is 2.06. The van der Waals surface area contributed by atoms with Crippen molar-refractivity contribution < 1.29 is 4.79 Å². The largest absolute Gasteiger partial charge is 0.371 e. The minimum absolute atomic E-state index is 0.0512. The highest BCUT2D eigenvalue weighted by atomic mass is 16.1. The molecule has 0 radical (unpaired) electrons. The molecule has 1 aliphatic rings. The minimum Gasteiger partial charge on any atom is -0.371 e. The third-order valence-corrected chi connectivity index (χ3v) is 5.50. The summed E-state index contributed by atoms with van der Waals surface area (Å²) >= 11 is 0. The Kier molecular flexibility index (Phi) is 5.69. The molecule has 0 amide bonds. The number of aromatic nitrogens is 1. The fraction of sp³-hybridized carbons (Fsp3) is 0.500. The van der Waals surface area contributed by atoms with Crippen LogP contribution in [0.25, 0.3) is 0 Å². The maximum Gasteiger partial charge on any atom is 0.212 e. The van der Waals surface area contributed by atoms with Gasteiger partial charge in [-0.25, -0.2) is 4.98 Å². The van der Waals surface area contributed by atoms with Crippen LogP contribution in [0.15, 0.2) is 18.2 Å². The van der Waals surface area contributed by atoms with Gasteiger partial charge in [-0.1, -0.05) is 24.6 Å². The van der Waals surface area contributed by atoms with Gasteiger partial charge in [-0.3, -0.25) is 4.79 Å². The highest BCUT2D eigenvalue weighted by Gasteiger charge is 2.27. The topological polar surface area (TPSA) is 33.2 Å². The third-order valence-electron chi connectivity index (χ3n) is 5.50. The summed E-state index contributed by atoms with van der Waals surface area (Å²) in [4.78, 5) is 20.6. The van der Waals surface area contributed by atoms with Crippen LogP contribution in [0.1, 0.15) is 70.2 Å². The highest BCUT2D eigenvalue weighted by molar-refractivity contribution is 6.11. The number of nitrogens with zero attached hydrogens (tertiary/aromatic N) is 2. The Labute approximate surface area is 163 Å². The van der Waals surface area contributed by atoms with Crippen molar-refractivity contribution in [3.05, 3.63) is 57.4 Å². The first-order valence-corrected chi connectivity index (χ1v) is 10.2. The second-order valence-electron chi connectivity index (χ2n) is 8.25. The van der Waals surface area contributed by atoms with E-state index in [1.165, 1.54) is 24.1 Å². The zero-order valence-corrected chi connectivity index (χ0v) is 17.6. The Bertz CT molecular complexity index is 842. The number of hydrogen-bond donors (Lipinski definition) is 0. The molecule has 0 N–H and O–H groups in total. The van der Waals surface area contributed by atoms with Gasteiger partial charge >= 0.3 is 0 Å². The molecule has 1 aliphatic carbocycles. The maximum atomic E-state index is 13.5. The molecule has 0 spiro atoms. The molecule has 0 aliphatic heterocycles. The third kappa shape index (κ3) is 4.23. The van der Waals surface area contributed by atoms with E-state index >= 15 is 0 Å². The molecule has 1 heterocycles. The fourth-order valence-corrected chi connectivity index (χ4v) is 4.12. The van der Waals surface area contributed by atoms with E-state index in [0.29, 0.717) is 5.69 Å². The maximum absolute atomic E-state index is 13.5. The molecule has 0 unspecified atom stereocenters. The molecule has 0 saturated heterocycles. The zero-order valence-electron chi connectivity index (χ0n) is 17.6. The molecule has 144 valence electrons. The van der Waals surface area contributed by atoms with Crippen LogP contribution >= 0.6 is 0 Å². The van der Waals surface area contributed by atoms with E-state index in [1.54, 1.807) is 0 Å². The molecule has 1 aromatic carbocycles. The van der Waals surface area contributed by atoms with Crippen molar-refractivity contribution in [3.63, 3.8) is 0 Å². The number of carbonyl (C=O) groups excluding carboxylic acids is 1. The standard InChI is InChI=1S/C24H32N2O/c1-7-10-26(14-20-8-9-20)21-13-18(5)25-23(19(21)6)24(27)22-16(3)11-15(2)12-17(22)4/h11-13,20H,7-10,14H2,1-6H3. The predicted molar refractivity (Wildman–Crippen MR) is 113 cm³/mol. The van der Waals surface area contributed by atoms with Crippen LogP contribution in [0.5, 0.6) is 0 Å². The number of rotatable bonds is 7. The first-order chi connectivity index (χ1) is 12.8. The van der Waals surface area contributed by atoms with E-state index < -0.39 is 0 Å². The van der Waals surface area contributed by atoms with Gasteiger partial charge in [-0.05, 0) is 77.0 Å². The average Bonchev–Trinajstić information content (AvgIpc) is 3.39. The second kappa shape index (κ2) is 7.84. The summed E-state index contributed by atoms with van der Waals surface area (Å²) in [6.45, 7) is 14.5. The van der Waals surface area contributed by atoms with Gasteiger partial charge in [0.05, 0.1) is 0 Å². The van der Waals surface area contributed by atoms with Crippen molar-refractivity contribution in [2.75, 3.05) is 18.0 Å². The molecule has 1 fully saturated rings. The predicted octanol–water partition coefficient (Wildman–Crippen LogP) is 5.48. The van der Waals surface area contributed by atoms with Crippen molar-refractivity contribution in [2.24, 2.45) is 5.92 Å². The van der Waals surface area contributed by atoms with Gasteiger partial charge in [-0.2, -0.15) is 0 Å². The van der Waals surface area contributed by atoms with Gasteiger partial charge < -0.3 is 4.90 Å². The van der Waals surface area contributed by atoms with E-state index in [0.717, 1.165) is 53.4 Å². The Morgan fingerprint density at radius 3 is 2.26 bits per heavy atom. The SMILES string of the molecule is CCCN(CC1CC1)c1cc(C)nc(C(=O)c2c(C)cc(C)cc2C)c1C. The normalized spacial score (nSPS) is 13.7. The summed E-state index contributed by atoms with van der Waals surface area (Å²) in [5.41, 5.74) is 7.78. The average molecular weight is 365 g/mol. The number of pyridine rings is 1. The first-order valence-electron chi connectivity index (χ1n) is 10.2. The van der Waals surface area contributed by atoms with Crippen LogP contribution in [0.4, 0.5) is 5.69 Å². The number of benzene rings is 1. The van der Waals surface area contributed by atoms with Crippen molar-refractivity contribution in [1.29, 1.82) is 0 Å². The number of aryl methyl sites for hydroxylation is 4. The second-order valence-corrected chi connectivity index (χ2v) is 8.25. The van der Waals surface area contributed by atoms with Crippen molar-refractivity contribution in [2.45, 2.75) is 60.8 Å². The van der Waals surface area contributed by atoms with Crippen LogP contribution < -0.4 is 4.90 Å². The van der Waals surface area contributed by atoms with Gasteiger partial charge in [0.2, 0.25) is 5.78 Å². The van der Waals surface area contributed by atoms with Gasteiger partial charge in [0, 0.05) is 35.6 Å². The Hall–Kier alpha value is -2.16. The Morgan fingerprint density at radius 2 is 1.70 bits per heavy atom. The molecule has 3 nitrogen and oxygen atoms in total. The summed E-state index contributed by atoms with van der Waals surface area (Å²) in [6, 6.07) is 6.32. The quantitative estimate of drug-likeness (QED) is 0.610. The lowest BCUT2D eigenvalue weighted by atomic mass is 9.93. The summed E-state index contributed by atoms with van der Waals surface area (Å²) in [5.74, 6) is 0.862. The smallest absolute Gasteiger partial charge is 0.212 e. The van der Waals surface area contributed by atoms with Gasteiger partial charge in [0.1, 0.15) is 5.69 Å². The molecule has 1 saturated carbocycles. The lowest BCUT2D eigenvalue weighted by molar-refractivity contribution is 0.103. The van der Waals surface area contributed by atoms with Crippen LogP contribution in [-0.4, -0.2) is 23.9 Å². The van der Waals surface area contributed by atoms with E-state index in [1.807, 2.05) is 20.8 Å². The van der Waals surface area contributed by atoms with Gasteiger partial charge in [0.15, 0.2) is 0 Å². The highest BCUT2D eigenvalue weighted by Crippen LogP contribution is 2.34. The van der Waals surface area contributed by atoms with Crippen molar-refractivity contribution in [3.8, 4) is 0 Å². The number of anilines is 1. The summed E-state index contributed by atoms with van der Waals surface area (Å²) in [6.07, 6.45) is 3.76. The minimum atomic E-state index is 0.0512. The van der Waals surface area contributed by atoms with Gasteiger partial charge in [0.25, 0.3) is 0 Å². The lowest BCUT2D eigenvalue weighted by Crippen LogP contribution is -2.28. The van der Waals surface area contributed by atoms with E-state index in [2.05, 4.69) is 48.9 Å². The molecule has 3 rings (SSSR count). The lowest BCUT2D eigenvalue weighted by Gasteiger charge is -2.27. The van der Waals surface area contributed by atoms with E-state index in [4.69, 9.17) is 0 Å². The first kappa shape index (κ1) is 19.6. The molecule has 0 atom stereocenters.